The van der Waals surface area contributed by atoms with Gasteiger partial charge in [-0.1, -0.05) is 6.07 Å². The molecule has 0 saturated carbocycles. The molecule has 0 fully saturated rings. The van der Waals surface area contributed by atoms with Crippen LogP contribution in [-0.2, 0) is 16.3 Å². The van der Waals surface area contributed by atoms with Gasteiger partial charge in [-0.3, -0.25) is 0 Å². The van der Waals surface area contributed by atoms with Crippen LogP contribution in [0, 0.1) is 0 Å². The Balaban J connectivity index is 2.48. The molecular weight excluding hydrogens is 236 g/mol. The van der Waals surface area contributed by atoms with Crippen LogP contribution >= 0.6 is 0 Å². The number of rotatable bonds is 3. The van der Waals surface area contributed by atoms with Crippen molar-refractivity contribution in [3.8, 4) is 0 Å². The van der Waals surface area contributed by atoms with Crippen LogP contribution in [0.2, 0.25) is 0 Å². The van der Waals surface area contributed by atoms with E-state index in [9.17, 15) is 8.42 Å². The summed E-state index contributed by atoms with van der Waals surface area (Å²) in [5.74, 6) is 0. The van der Waals surface area contributed by atoms with Gasteiger partial charge in [0, 0.05) is 29.9 Å². The number of benzene rings is 1. The average Bonchev–Trinajstić information content (AvgIpc) is 2.55. The molecule has 0 aliphatic heterocycles. The lowest BCUT2D eigenvalue weighted by atomic mass is 10.2. The van der Waals surface area contributed by atoms with Gasteiger partial charge in [0.05, 0.1) is 4.90 Å². The highest BCUT2D eigenvalue weighted by Gasteiger charge is 2.09. The van der Waals surface area contributed by atoms with E-state index in [2.05, 4.69) is 4.98 Å². The quantitative estimate of drug-likeness (QED) is 0.868. The van der Waals surface area contributed by atoms with Gasteiger partial charge in [0.25, 0.3) is 0 Å². The van der Waals surface area contributed by atoms with Crippen LogP contribution in [0.1, 0.15) is 12.6 Å². The largest absolute Gasteiger partial charge is 0.358 e. The van der Waals surface area contributed by atoms with E-state index < -0.39 is 9.84 Å². The monoisotopic (exact) mass is 252 g/mol. The van der Waals surface area contributed by atoms with Gasteiger partial charge >= 0.3 is 0 Å². The molecule has 0 bridgehead atoms. The maximum absolute atomic E-state index is 11.4. The van der Waals surface area contributed by atoms with E-state index in [4.69, 9.17) is 5.73 Å². The highest BCUT2D eigenvalue weighted by atomic mass is 32.2. The standard InChI is InChI=1S/C12H16N2O2S/c1-8(13)5-10-6-9-3-4-11(17(2,15)16)7-12(9)14-10/h3-4,6-8,14H,5,13H2,1-2H3. The SMILES string of the molecule is CC(N)Cc1cc2ccc(S(C)(=O)=O)cc2[nH]1. The molecule has 0 spiro atoms. The van der Waals surface area contributed by atoms with E-state index in [-0.39, 0.29) is 6.04 Å². The number of hydrogen-bond acceptors (Lipinski definition) is 3. The molecule has 0 saturated heterocycles. The lowest BCUT2D eigenvalue weighted by Gasteiger charge is -2.00. The minimum absolute atomic E-state index is 0.0810. The summed E-state index contributed by atoms with van der Waals surface area (Å²) in [6, 6.07) is 7.19. The summed E-state index contributed by atoms with van der Waals surface area (Å²) in [5.41, 5.74) is 7.59. The summed E-state index contributed by atoms with van der Waals surface area (Å²) in [6.07, 6.45) is 1.96. The van der Waals surface area contributed by atoms with Crippen LogP contribution in [0.15, 0.2) is 29.2 Å². The van der Waals surface area contributed by atoms with Gasteiger partial charge in [0.15, 0.2) is 9.84 Å². The highest BCUT2D eigenvalue weighted by Crippen LogP contribution is 2.20. The summed E-state index contributed by atoms with van der Waals surface area (Å²) in [5, 5.41) is 1.01. The molecular formula is C12H16N2O2S. The Bertz CT molecular complexity index is 642. The summed E-state index contributed by atoms with van der Waals surface area (Å²) < 4.78 is 22.9. The zero-order chi connectivity index (χ0) is 12.6. The van der Waals surface area contributed by atoms with Crippen molar-refractivity contribution in [3.05, 3.63) is 30.0 Å². The molecule has 1 aromatic heterocycles. The third-order valence-electron chi connectivity index (χ3n) is 2.62. The molecule has 0 aliphatic carbocycles. The normalized spacial score (nSPS) is 14.1. The molecule has 1 unspecified atom stereocenters. The van der Waals surface area contributed by atoms with Crippen molar-refractivity contribution in [2.45, 2.75) is 24.3 Å². The molecule has 1 heterocycles. The predicted octanol–water partition coefficient (Wildman–Crippen LogP) is 1.46. The fraction of sp³-hybridized carbons (Fsp3) is 0.333. The van der Waals surface area contributed by atoms with Crippen LogP contribution in [-0.4, -0.2) is 25.7 Å². The second-order valence-corrected chi connectivity index (χ2v) is 6.51. The molecule has 3 N–H and O–H groups in total. The first-order valence-corrected chi connectivity index (χ1v) is 7.32. The van der Waals surface area contributed by atoms with E-state index in [1.807, 2.05) is 19.1 Å². The molecule has 0 radical (unpaired) electrons. The number of nitrogens with one attached hydrogen (secondary N) is 1. The third-order valence-corrected chi connectivity index (χ3v) is 3.73. The minimum Gasteiger partial charge on any atom is -0.358 e. The van der Waals surface area contributed by atoms with Gasteiger partial charge in [0.2, 0.25) is 0 Å². The first kappa shape index (κ1) is 12.1. The fourth-order valence-corrected chi connectivity index (χ4v) is 2.50. The van der Waals surface area contributed by atoms with Crippen molar-refractivity contribution in [2.24, 2.45) is 5.73 Å². The van der Waals surface area contributed by atoms with Crippen molar-refractivity contribution in [1.82, 2.24) is 4.98 Å². The number of fused-ring (bicyclic) bond motifs is 1. The predicted molar refractivity (Wildman–Crippen MR) is 68.8 cm³/mol. The van der Waals surface area contributed by atoms with E-state index in [1.165, 1.54) is 6.26 Å². The van der Waals surface area contributed by atoms with Crippen molar-refractivity contribution < 1.29 is 8.42 Å². The minimum atomic E-state index is -3.15. The summed E-state index contributed by atoms with van der Waals surface area (Å²) in [4.78, 5) is 3.53. The molecule has 1 atom stereocenters. The summed E-state index contributed by atoms with van der Waals surface area (Å²) in [7, 11) is -3.15. The van der Waals surface area contributed by atoms with Crippen molar-refractivity contribution >= 4 is 20.7 Å². The molecule has 1 aromatic carbocycles. The molecule has 0 aliphatic rings. The van der Waals surface area contributed by atoms with Crippen molar-refractivity contribution in [1.29, 1.82) is 0 Å². The van der Waals surface area contributed by atoms with E-state index in [1.54, 1.807) is 12.1 Å². The smallest absolute Gasteiger partial charge is 0.175 e. The second kappa shape index (κ2) is 4.16. The van der Waals surface area contributed by atoms with Gasteiger partial charge in [-0.05, 0) is 30.5 Å². The van der Waals surface area contributed by atoms with E-state index in [0.29, 0.717) is 4.90 Å². The Morgan fingerprint density at radius 1 is 1.35 bits per heavy atom. The average molecular weight is 252 g/mol. The van der Waals surface area contributed by atoms with E-state index in [0.717, 1.165) is 23.0 Å². The first-order chi connectivity index (χ1) is 7.86. The molecule has 0 amide bonds. The Kier molecular flexibility index (Phi) is 2.97. The van der Waals surface area contributed by atoms with Gasteiger partial charge in [0.1, 0.15) is 0 Å². The molecule has 92 valence electrons. The van der Waals surface area contributed by atoms with E-state index >= 15 is 0 Å². The van der Waals surface area contributed by atoms with Crippen molar-refractivity contribution in [3.63, 3.8) is 0 Å². The van der Waals surface area contributed by atoms with Crippen LogP contribution < -0.4 is 5.73 Å². The van der Waals surface area contributed by atoms with Gasteiger partial charge in [-0.2, -0.15) is 0 Å². The first-order valence-electron chi connectivity index (χ1n) is 5.43. The molecule has 4 nitrogen and oxygen atoms in total. The highest BCUT2D eigenvalue weighted by molar-refractivity contribution is 7.90. The number of aromatic amines is 1. The Labute approximate surface area is 101 Å². The zero-order valence-electron chi connectivity index (χ0n) is 9.90. The molecule has 2 aromatic rings. The van der Waals surface area contributed by atoms with Gasteiger partial charge in [-0.25, -0.2) is 8.42 Å². The zero-order valence-corrected chi connectivity index (χ0v) is 10.7. The number of hydrogen-bond donors (Lipinski definition) is 2. The number of sulfone groups is 1. The topological polar surface area (TPSA) is 76.0 Å². The Morgan fingerprint density at radius 3 is 2.65 bits per heavy atom. The van der Waals surface area contributed by atoms with Gasteiger partial charge in [-0.15, -0.1) is 0 Å². The van der Waals surface area contributed by atoms with Crippen LogP contribution in [0.5, 0.6) is 0 Å². The maximum Gasteiger partial charge on any atom is 0.175 e. The van der Waals surface area contributed by atoms with Crippen LogP contribution in [0.25, 0.3) is 10.9 Å². The summed E-state index contributed by atoms with van der Waals surface area (Å²) in [6.45, 7) is 1.94. The second-order valence-electron chi connectivity index (χ2n) is 4.50. The molecule has 5 heteroatoms. The third kappa shape index (κ3) is 2.68. The lowest BCUT2D eigenvalue weighted by molar-refractivity contribution is 0.602. The maximum atomic E-state index is 11.4. The molecule has 17 heavy (non-hydrogen) atoms. The number of H-pyrrole nitrogens is 1. The number of nitrogens with two attached hydrogens (primary N) is 1. The van der Waals surface area contributed by atoms with Crippen LogP contribution in [0.4, 0.5) is 0 Å². The fourth-order valence-electron chi connectivity index (χ4n) is 1.85. The van der Waals surface area contributed by atoms with Crippen molar-refractivity contribution in [2.75, 3.05) is 6.26 Å². The number of aromatic nitrogens is 1. The Morgan fingerprint density at radius 2 is 2.06 bits per heavy atom. The van der Waals surface area contributed by atoms with Gasteiger partial charge < -0.3 is 10.7 Å². The lowest BCUT2D eigenvalue weighted by Crippen LogP contribution is -2.17. The molecule has 2 rings (SSSR count). The van der Waals surface area contributed by atoms with Crippen LogP contribution in [0.3, 0.4) is 0 Å². The Hall–Kier alpha value is -1.33. The summed E-state index contributed by atoms with van der Waals surface area (Å²) >= 11 is 0.